The summed E-state index contributed by atoms with van der Waals surface area (Å²) in [5.74, 6) is -0.675. The van der Waals surface area contributed by atoms with E-state index in [1.54, 1.807) is 0 Å². The number of carbonyl (C=O) groups is 1. The van der Waals surface area contributed by atoms with Gasteiger partial charge in [0.05, 0.1) is 11.2 Å². The minimum Gasteiger partial charge on any atom is -0.481 e. The van der Waals surface area contributed by atoms with E-state index in [0.717, 1.165) is 44.9 Å². The molecule has 0 aromatic heterocycles. The molecule has 0 saturated carbocycles. The minimum atomic E-state index is -0.675. The quantitative estimate of drug-likeness (QED) is 0.224. The van der Waals surface area contributed by atoms with E-state index in [9.17, 15) is 4.79 Å². The number of aliphatic carboxylic acids is 1. The summed E-state index contributed by atoms with van der Waals surface area (Å²) in [5, 5.41) is 8.37. The van der Waals surface area contributed by atoms with E-state index < -0.39 is 5.97 Å². The highest BCUT2D eigenvalue weighted by Crippen LogP contribution is 2.24. The summed E-state index contributed by atoms with van der Waals surface area (Å²) in [4.78, 5) is 21.1. The Morgan fingerprint density at radius 1 is 0.731 bits per heavy atom. The summed E-state index contributed by atoms with van der Waals surface area (Å²) in [7, 11) is 0. The molecule has 26 heavy (non-hydrogen) atoms. The molecule has 0 amide bonds. The molecule has 0 aromatic rings. The van der Waals surface area contributed by atoms with Gasteiger partial charge in [0.2, 0.25) is 0 Å². The van der Waals surface area contributed by atoms with Crippen LogP contribution in [0, 0.1) is 5.41 Å². The van der Waals surface area contributed by atoms with E-state index in [1.807, 2.05) is 0 Å². The van der Waals surface area contributed by atoms with Crippen LogP contribution in [0.3, 0.4) is 0 Å². The molecule has 0 heterocycles. The SMILES string of the molecule is CC(C)(C)CCCCCC(=O)O.CCCC(C)(C)OOC(C)(C)CCC. The summed E-state index contributed by atoms with van der Waals surface area (Å²) in [5.41, 5.74) is 0.0583. The van der Waals surface area contributed by atoms with Crippen LogP contribution in [-0.4, -0.2) is 22.3 Å². The van der Waals surface area contributed by atoms with Gasteiger partial charge in [-0.05, 0) is 58.8 Å². The van der Waals surface area contributed by atoms with Crippen LogP contribution in [0.5, 0.6) is 0 Å². The monoisotopic (exact) mass is 374 g/mol. The molecule has 0 aliphatic carbocycles. The second-order valence-corrected chi connectivity index (χ2v) is 9.70. The first-order valence-corrected chi connectivity index (χ1v) is 10.3. The number of unbranched alkanes of at least 4 members (excludes halogenated alkanes) is 2. The highest BCUT2D eigenvalue weighted by atomic mass is 17.2. The van der Waals surface area contributed by atoms with Crippen LogP contribution < -0.4 is 0 Å². The Bertz CT molecular complexity index is 336. The van der Waals surface area contributed by atoms with Crippen molar-refractivity contribution in [1.29, 1.82) is 0 Å². The Balaban J connectivity index is 0. The Morgan fingerprint density at radius 2 is 1.15 bits per heavy atom. The zero-order valence-electron chi connectivity index (χ0n) is 19.0. The molecule has 0 aliphatic rings. The lowest BCUT2D eigenvalue weighted by Gasteiger charge is -2.30. The number of hydrogen-bond donors (Lipinski definition) is 1. The lowest BCUT2D eigenvalue weighted by atomic mass is 9.89. The van der Waals surface area contributed by atoms with Gasteiger partial charge in [-0.1, -0.05) is 60.3 Å². The molecule has 158 valence electrons. The van der Waals surface area contributed by atoms with Crippen molar-refractivity contribution in [1.82, 2.24) is 0 Å². The number of carboxylic acids is 1. The molecule has 0 saturated heterocycles. The zero-order chi connectivity index (χ0) is 20.9. The van der Waals surface area contributed by atoms with Crippen molar-refractivity contribution in [3.8, 4) is 0 Å². The molecule has 0 aromatic carbocycles. The molecule has 0 spiro atoms. The van der Waals surface area contributed by atoms with Crippen molar-refractivity contribution in [2.75, 3.05) is 0 Å². The van der Waals surface area contributed by atoms with E-state index in [1.165, 1.54) is 6.42 Å². The molecule has 0 unspecified atom stereocenters. The van der Waals surface area contributed by atoms with E-state index in [2.05, 4.69) is 62.3 Å². The summed E-state index contributed by atoms with van der Waals surface area (Å²) >= 11 is 0. The number of rotatable bonds is 12. The molecular formula is C22H46O4. The van der Waals surface area contributed by atoms with Gasteiger partial charge >= 0.3 is 5.97 Å². The molecule has 0 fully saturated rings. The predicted molar refractivity (Wildman–Crippen MR) is 110 cm³/mol. The van der Waals surface area contributed by atoms with Gasteiger partial charge in [0.25, 0.3) is 0 Å². The van der Waals surface area contributed by atoms with Crippen LogP contribution in [0.25, 0.3) is 0 Å². The van der Waals surface area contributed by atoms with Crippen LogP contribution in [0.1, 0.15) is 120 Å². The molecule has 0 rings (SSSR count). The van der Waals surface area contributed by atoms with Crippen molar-refractivity contribution in [2.45, 2.75) is 131 Å². The number of carboxylic acid groups (broad SMARTS) is 1. The van der Waals surface area contributed by atoms with E-state index >= 15 is 0 Å². The predicted octanol–water partition coefficient (Wildman–Crippen LogP) is 7.16. The summed E-state index contributed by atoms with van der Waals surface area (Å²) in [6.45, 7) is 19.2. The third-order valence-electron chi connectivity index (χ3n) is 4.01. The largest absolute Gasteiger partial charge is 0.481 e. The van der Waals surface area contributed by atoms with Gasteiger partial charge in [-0.2, -0.15) is 0 Å². The summed E-state index contributed by atoms with van der Waals surface area (Å²) < 4.78 is 0. The van der Waals surface area contributed by atoms with Gasteiger partial charge < -0.3 is 5.11 Å². The molecule has 4 nitrogen and oxygen atoms in total. The average molecular weight is 375 g/mol. The average Bonchev–Trinajstić information content (AvgIpc) is 2.44. The summed E-state index contributed by atoms with van der Waals surface area (Å²) in [6, 6.07) is 0. The first kappa shape index (κ1) is 27.6. The first-order chi connectivity index (χ1) is 11.7. The minimum absolute atomic E-state index is 0.167. The van der Waals surface area contributed by atoms with Crippen molar-refractivity contribution in [3.05, 3.63) is 0 Å². The first-order valence-electron chi connectivity index (χ1n) is 10.3. The second kappa shape index (κ2) is 13.5. The molecule has 0 atom stereocenters. The molecule has 0 radical (unpaired) electrons. The van der Waals surface area contributed by atoms with Crippen LogP contribution in [0.15, 0.2) is 0 Å². The van der Waals surface area contributed by atoms with Crippen molar-refractivity contribution in [3.63, 3.8) is 0 Å². The van der Waals surface area contributed by atoms with Gasteiger partial charge in [0, 0.05) is 6.42 Å². The molecule has 0 bridgehead atoms. The summed E-state index contributed by atoms with van der Waals surface area (Å²) in [6.07, 6.45) is 8.81. The zero-order valence-corrected chi connectivity index (χ0v) is 19.0. The maximum Gasteiger partial charge on any atom is 0.303 e. The normalized spacial score (nSPS) is 12.5. The number of hydrogen-bond acceptors (Lipinski definition) is 3. The van der Waals surface area contributed by atoms with Gasteiger partial charge in [-0.15, -0.1) is 0 Å². The standard InChI is InChI=1S/C12H26O2.C10H20O2/c1-7-9-11(3,4)13-14-12(5,6)10-8-2;1-10(2,3)8-6-4-5-7-9(11)12/h7-10H2,1-6H3;4-8H2,1-3H3,(H,11,12). The van der Waals surface area contributed by atoms with E-state index in [0.29, 0.717) is 11.8 Å². The molecular weight excluding hydrogens is 328 g/mol. The Labute approximate surface area is 163 Å². The van der Waals surface area contributed by atoms with E-state index in [-0.39, 0.29) is 11.2 Å². The fraction of sp³-hybridized carbons (Fsp3) is 0.955. The van der Waals surface area contributed by atoms with Crippen molar-refractivity contribution in [2.24, 2.45) is 5.41 Å². The molecule has 0 aliphatic heterocycles. The third kappa shape index (κ3) is 21.4. The van der Waals surface area contributed by atoms with Crippen molar-refractivity contribution < 1.29 is 19.7 Å². The Morgan fingerprint density at radius 3 is 1.46 bits per heavy atom. The fourth-order valence-electron chi connectivity index (χ4n) is 2.62. The van der Waals surface area contributed by atoms with E-state index in [4.69, 9.17) is 14.9 Å². The molecule has 4 heteroatoms. The topological polar surface area (TPSA) is 55.8 Å². The van der Waals surface area contributed by atoms with Gasteiger partial charge in [-0.3, -0.25) is 4.79 Å². The smallest absolute Gasteiger partial charge is 0.303 e. The van der Waals surface area contributed by atoms with Crippen LogP contribution in [0.4, 0.5) is 0 Å². The third-order valence-corrected chi connectivity index (χ3v) is 4.01. The maximum atomic E-state index is 10.2. The van der Waals surface area contributed by atoms with Crippen LogP contribution in [0.2, 0.25) is 0 Å². The lowest BCUT2D eigenvalue weighted by molar-refractivity contribution is -0.402. The Hall–Kier alpha value is -0.610. The molecule has 1 N–H and O–H groups in total. The van der Waals surface area contributed by atoms with Gasteiger partial charge in [0.15, 0.2) is 0 Å². The fourth-order valence-corrected chi connectivity index (χ4v) is 2.62. The second-order valence-electron chi connectivity index (χ2n) is 9.70. The van der Waals surface area contributed by atoms with Gasteiger partial charge in [-0.25, -0.2) is 9.78 Å². The lowest BCUT2D eigenvalue weighted by Crippen LogP contribution is -2.32. The van der Waals surface area contributed by atoms with Crippen molar-refractivity contribution >= 4 is 5.97 Å². The Kier molecular flexibility index (Phi) is 14.4. The van der Waals surface area contributed by atoms with Gasteiger partial charge in [0.1, 0.15) is 0 Å². The highest BCUT2D eigenvalue weighted by molar-refractivity contribution is 5.66. The van der Waals surface area contributed by atoms with Crippen LogP contribution in [-0.2, 0) is 14.6 Å². The van der Waals surface area contributed by atoms with Crippen LogP contribution >= 0.6 is 0 Å². The maximum absolute atomic E-state index is 10.2. The highest BCUT2D eigenvalue weighted by Gasteiger charge is 2.25.